The topological polar surface area (TPSA) is 103 Å². The van der Waals surface area contributed by atoms with Gasteiger partial charge in [-0.05, 0) is 12.5 Å². The van der Waals surface area contributed by atoms with E-state index >= 15 is 0 Å². The predicted octanol–water partition coefficient (Wildman–Crippen LogP) is 3.81. The van der Waals surface area contributed by atoms with Crippen molar-refractivity contribution >= 4 is 34.6 Å². The molecule has 1 aliphatic rings. The van der Waals surface area contributed by atoms with Crippen LogP contribution in [0, 0.1) is 10.1 Å². The number of rotatable bonds is 7. The lowest BCUT2D eigenvalue weighted by atomic mass is 10.2. The molecule has 2 N–H and O–H groups in total. The van der Waals surface area contributed by atoms with Crippen molar-refractivity contribution in [1.29, 1.82) is 0 Å². The van der Waals surface area contributed by atoms with Crippen molar-refractivity contribution in [3.05, 3.63) is 51.5 Å². The molecule has 0 spiro atoms. The Morgan fingerprint density at radius 1 is 1.19 bits per heavy atom. The van der Waals surface area contributed by atoms with E-state index in [9.17, 15) is 14.9 Å². The Balaban J connectivity index is 1.49. The minimum atomic E-state index is -0.448. The van der Waals surface area contributed by atoms with Crippen LogP contribution in [0.15, 0.2) is 36.4 Å². The molecular weight excluding hydrogens is 362 g/mol. The van der Waals surface area contributed by atoms with Crippen LogP contribution in [0.25, 0.3) is 0 Å². The molecular formula is C17H16ClN3O5. The second-order valence-corrected chi connectivity index (χ2v) is 5.95. The summed E-state index contributed by atoms with van der Waals surface area (Å²) in [7, 11) is 0. The second-order valence-electron chi connectivity index (χ2n) is 5.54. The van der Waals surface area contributed by atoms with Crippen LogP contribution < -0.4 is 20.1 Å². The average Bonchev–Trinajstić information content (AvgIpc) is 3.06. The summed E-state index contributed by atoms with van der Waals surface area (Å²) in [6, 6.07) is 9.58. The Hall–Kier alpha value is -3.00. The van der Waals surface area contributed by atoms with E-state index in [4.69, 9.17) is 21.1 Å². The van der Waals surface area contributed by atoms with E-state index in [0.717, 1.165) is 0 Å². The molecule has 0 radical (unpaired) electrons. The van der Waals surface area contributed by atoms with Crippen LogP contribution in [0.5, 0.6) is 11.5 Å². The quantitative estimate of drug-likeness (QED) is 0.432. The number of anilines is 2. The predicted molar refractivity (Wildman–Crippen MR) is 97.0 cm³/mol. The normalized spacial score (nSPS) is 11.9. The molecule has 1 heterocycles. The van der Waals surface area contributed by atoms with Gasteiger partial charge in [-0.25, -0.2) is 0 Å². The van der Waals surface area contributed by atoms with Gasteiger partial charge < -0.3 is 20.1 Å². The van der Waals surface area contributed by atoms with E-state index in [1.807, 2.05) is 0 Å². The maximum atomic E-state index is 12.1. The summed E-state index contributed by atoms with van der Waals surface area (Å²) in [5.41, 5.74) is 0.883. The molecule has 0 bridgehead atoms. The third kappa shape index (κ3) is 4.15. The molecule has 2 aromatic carbocycles. The smallest absolute Gasteiger partial charge is 0.292 e. The Morgan fingerprint density at radius 3 is 2.69 bits per heavy atom. The molecule has 8 nitrogen and oxygen atoms in total. The zero-order chi connectivity index (χ0) is 18.5. The van der Waals surface area contributed by atoms with Crippen LogP contribution in [-0.4, -0.2) is 24.2 Å². The lowest BCUT2D eigenvalue weighted by molar-refractivity contribution is -0.384. The molecule has 0 atom stereocenters. The van der Waals surface area contributed by atoms with E-state index in [-0.39, 0.29) is 24.8 Å². The van der Waals surface area contributed by atoms with Crippen molar-refractivity contribution in [3.63, 3.8) is 0 Å². The minimum absolute atomic E-state index is 0.00379. The monoisotopic (exact) mass is 377 g/mol. The number of benzene rings is 2. The maximum Gasteiger partial charge on any atom is 0.292 e. The first kappa shape index (κ1) is 17.8. The fourth-order valence-electron chi connectivity index (χ4n) is 2.48. The largest absolute Gasteiger partial charge is 0.454 e. The van der Waals surface area contributed by atoms with E-state index in [0.29, 0.717) is 40.9 Å². The summed E-state index contributed by atoms with van der Waals surface area (Å²) in [5, 5.41) is 17.0. The number of nitrogens with one attached hydrogen (secondary N) is 2. The molecule has 1 aliphatic heterocycles. The van der Waals surface area contributed by atoms with Gasteiger partial charge in [-0.1, -0.05) is 23.7 Å². The van der Waals surface area contributed by atoms with Crippen LogP contribution >= 0.6 is 11.6 Å². The number of halogens is 1. The van der Waals surface area contributed by atoms with E-state index < -0.39 is 4.92 Å². The van der Waals surface area contributed by atoms with Gasteiger partial charge in [0.15, 0.2) is 11.5 Å². The van der Waals surface area contributed by atoms with Gasteiger partial charge in [-0.2, -0.15) is 0 Å². The number of hydrogen-bond acceptors (Lipinski definition) is 6. The number of fused-ring (bicyclic) bond motifs is 1. The third-order valence-electron chi connectivity index (χ3n) is 3.73. The van der Waals surface area contributed by atoms with E-state index in [1.165, 1.54) is 6.07 Å². The molecule has 1 amide bonds. The molecule has 3 rings (SSSR count). The first-order chi connectivity index (χ1) is 12.5. The van der Waals surface area contributed by atoms with Crippen molar-refractivity contribution in [1.82, 2.24) is 0 Å². The van der Waals surface area contributed by atoms with Crippen LogP contribution in [0.1, 0.15) is 12.8 Å². The molecule has 136 valence electrons. The Morgan fingerprint density at radius 2 is 1.92 bits per heavy atom. The number of nitro benzene ring substituents is 1. The molecule has 0 aliphatic carbocycles. The number of para-hydroxylation sites is 2. The summed E-state index contributed by atoms with van der Waals surface area (Å²) < 4.78 is 10.5. The summed E-state index contributed by atoms with van der Waals surface area (Å²) >= 11 is 6.11. The van der Waals surface area contributed by atoms with Crippen LogP contribution in [-0.2, 0) is 4.79 Å². The van der Waals surface area contributed by atoms with Gasteiger partial charge in [-0.3, -0.25) is 14.9 Å². The molecule has 0 saturated carbocycles. The van der Waals surface area contributed by atoms with Crippen molar-refractivity contribution in [3.8, 4) is 11.5 Å². The highest BCUT2D eigenvalue weighted by molar-refractivity contribution is 6.34. The van der Waals surface area contributed by atoms with Gasteiger partial charge in [0.1, 0.15) is 5.69 Å². The standard InChI is InChI=1S/C17H16ClN3O5/c18-11-8-15-16(26-10-25-15)9-13(11)20-17(22)6-3-7-19-12-4-1-2-5-14(12)21(23)24/h1-2,4-5,8-9,19H,3,6-7,10H2,(H,20,22). The Kier molecular flexibility index (Phi) is 5.43. The zero-order valence-corrected chi connectivity index (χ0v) is 14.4. The number of carbonyl (C=O) groups excluding carboxylic acids is 1. The minimum Gasteiger partial charge on any atom is -0.454 e. The highest BCUT2D eigenvalue weighted by Crippen LogP contribution is 2.39. The average molecular weight is 378 g/mol. The molecule has 0 unspecified atom stereocenters. The molecule has 0 saturated heterocycles. The number of carbonyl (C=O) groups is 1. The lowest BCUT2D eigenvalue weighted by Crippen LogP contribution is -2.14. The van der Waals surface area contributed by atoms with Crippen LogP contribution in [0.2, 0.25) is 5.02 Å². The highest BCUT2D eigenvalue weighted by Gasteiger charge is 2.17. The second kappa shape index (κ2) is 7.92. The summed E-state index contributed by atoms with van der Waals surface area (Å²) in [4.78, 5) is 22.6. The van der Waals surface area contributed by atoms with Gasteiger partial charge in [0, 0.05) is 31.2 Å². The van der Waals surface area contributed by atoms with Gasteiger partial charge in [0.25, 0.3) is 5.69 Å². The SMILES string of the molecule is O=C(CCCNc1ccccc1[N+](=O)[O-])Nc1cc2c(cc1Cl)OCO2. The van der Waals surface area contributed by atoms with Gasteiger partial charge in [0.2, 0.25) is 12.7 Å². The van der Waals surface area contributed by atoms with Crippen LogP contribution in [0.4, 0.5) is 17.1 Å². The Bertz CT molecular complexity index is 843. The molecule has 26 heavy (non-hydrogen) atoms. The third-order valence-corrected chi connectivity index (χ3v) is 4.05. The lowest BCUT2D eigenvalue weighted by Gasteiger charge is -2.09. The van der Waals surface area contributed by atoms with Crippen LogP contribution in [0.3, 0.4) is 0 Å². The first-order valence-electron chi connectivity index (χ1n) is 7.91. The number of nitrogens with zero attached hydrogens (tertiary/aromatic N) is 1. The van der Waals surface area contributed by atoms with Gasteiger partial charge >= 0.3 is 0 Å². The number of ether oxygens (including phenoxy) is 2. The fourth-order valence-corrected chi connectivity index (χ4v) is 2.68. The molecule has 9 heteroatoms. The van der Waals surface area contributed by atoms with Gasteiger partial charge in [-0.15, -0.1) is 0 Å². The fraction of sp³-hybridized carbons (Fsp3) is 0.235. The number of amides is 1. The van der Waals surface area contributed by atoms with E-state index in [2.05, 4.69) is 10.6 Å². The van der Waals surface area contributed by atoms with E-state index in [1.54, 1.807) is 30.3 Å². The summed E-state index contributed by atoms with van der Waals surface area (Å²) in [6.45, 7) is 0.549. The molecule has 0 aromatic heterocycles. The number of hydrogen-bond donors (Lipinski definition) is 2. The van der Waals surface area contributed by atoms with Crippen molar-refractivity contribution in [2.75, 3.05) is 24.0 Å². The maximum absolute atomic E-state index is 12.1. The molecule has 0 fully saturated rings. The summed E-state index contributed by atoms with van der Waals surface area (Å²) in [5.74, 6) is 0.861. The van der Waals surface area contributed by atoms with Gasteiger partial charge in [0.05, 0.1) is 15.6 Å². The van der Waals surface area contributed by atoms with Crippen molar-refractivity contribution in [2.45, 2.75) is 12.8 Å². The zero-order valence-electron chi connectivity index (χ0n) is 13.7. The van der Waals surface area contributed by atoms with Crippen molar-refractivity contribution in [2.24, 2.45) is 0 Å². The van der Waals surface area contributed by atoms with Crippen molar-refractivity contribution < 1.29 is 19.2 Å². The summed E-state index contributed by atoms with van der Waals surface area (Å²) in [6.07, 6.45) is 0.735. The molecule has 2 aromatic rings. The Labute approximate surface area is 154 Å². The first-order valence-corrected chi connectivity index (χ1v) is 8.28. The number of nitro groups is 1. The highest BCUT2D eigenvalue weighted by atomic mass is 35.5.